The van der Waals surface area contributed by atoms with Crippen molar-refractivity contribution in [3.63, 3.8) is 0 Å². The summed E-state index contributed by atoms with van der Waals surface area (Å²) in [4.78, 5) is 12.3. The van der Waals surface area contributed by atoms with Gasteiger partial charge in [-0.25, -0.2) is 0 Å². The fourth-order valence-electron chi connectivity index (χ4n) is 4.94. The molecule has 4 aliphatic rings. The lowest BCUT2D eigenvalue weighted by molar-refractivity contribution is -0.208. The van der Waals surface area contributed by atoms with E-state index in [9.17, 15) is 30.8 Å². The molecule has 0 atom stereocenters. The van der Waals surface area contributed by atoms with Gasteiger partial charge in [-0.15, -0.1) is 0 Å². The van der Waals surface area contributed by atoms with Crippen LogP contribution in [-0.4, -0.2) is 36.7 Å². The van der Waals surface area contributed by atoms with Crippen LogP contribution in [0.25, 0.3) is 0 Å². The first kappa shape index (κ1) is 17.9. The Kier molecular flexibility index (Phi) is 3.95. The number of carbonyl (C=O) groups is 1. The Labute approximate surface area is 136 Å². The molecule has 10 heteroatoms. The quantitative estimate of drug-likeness (QED) is 0.455. The van der Waals surface area contributed by atoms with Gasteiger partial charge in [-0.1, -0.05) is 0 Å². The van der Waals surface area contributed by atoms with Crippen LogP contribution >= 0.6 is 0 Å². The zero-order valence-corrected chi connectivity index (χ0v) is 13.5. The highest BCUT2D eigenvalue weighted by molar-refractivity contribution is 7.87. The molecule has 24 heavy (non-hydrogen) atoms. The minimum atomic E-state index is -6.33. The summed E-state index contributed by atoms with van der Waals surface area (Å²) in [7, 11) is -6.33. The summed E-state index contributed by atoms with van der Waals surface area (Å²) in [5.74, 6) is -5.21. The van der Waals surface area contributed by atoms with Crippen molar-refractivity contribution < 1.29 is 40.1 Å². The Bertz CT molecular complexity index is 610. The molecule has 0 spiro atoms. The average molecular weight is 374 g/mol. The van der Waals surface area contributed by atoms with Crippen LogP contribution in [0.5, 0.6) is 0 Å². The molecular formula is C14H18F4O5S. The lowest BCUT2D eigenvalue weighted by atomic mass is 9.49. The average Bonchev–Trinajstić information content (AvgIpc) is 2.41. The van der Waals surface area contributed by atoms with Crippen LogP contribution in [-0.2, 0) is 19.6 Å². The van der Waals surface area contributed by atoms with E-state index in [4.69, 9.17) is 4.55 Å². The number of alkyl halides is 4. The van der Waals surface area contributed by atoms with Gasteiger partial charge in [0.1, 0.15) is 0 Å². The molecule has 0 radical (unpaired) electrons. The molecular weight excluding hydrogens is 356 g/mol. The van der Waals surface area contributed by atoms with Crippen molar-refractivity contribution >= 4 is 16.1 Å². The number of carbonyl (C=O) groups excluding carboxylic acids is 1. The summed E-state index contributed by atoms with van der Waals surface area (Å²) in [6.45, 7) is -2.08. The molecule has 0 aromatic rings. The summed E-state index contributed by atoms with van der Waals surface area (Å²) in [5.41, 5.74) is -0.918. The van der Waals surface area contributed by atoms with Gasteiger partial charge in [-0.05, 0) is 56.3 Å². The van der Waals surface area contributed by atoms with E-state index in [2.05, 4.69) is 4.74 Å². The third kappa shape index (κ3) is 2.71. The van der Waals surface area contributed by atoms with Gasteiger partial charge < -0.3 is 4.74 Å². The van der Waals surface area contributed by atoms with Gasteiger partial charge >= 0.3 is 27.3 Å². The van der Waals surface area contributed by atoms with Gasteiger partial charge in [-0.3, -0.25) is 9.35 Å². The Morgan fingerprint density at radius 2 is 1.46 bits per heavy atom. The van der Waals surface area contributed by atoms with Crippen molar-refractivity contribution in [1.29, 1.82) is 0 Å². The van der Waals surface area contributed by atoms with Crippen LogP contribution in [0.1, 0.15) is 38.5 Å². The van der Waals surface area contributed by atoms with Crippen molar-refractivity contribution in [2.24, 2.45) is 23.2 Å². The highest BCUT2D eigenvalue weighted by Crippen LogP contribution is 2.60. The molecule has 4 fully saturated rings. The largest absolute Gasteiger partial charge is 0.459 e. The summed E-state index contributed by atoms with van der Waals surface area (Å²) >= 11 is 0. The van der Waals surface area contributed by atoms with E-state index in [-0.39, 0.29) is 0 Å². The third-order valence-electron chi connectivity index (χ3n) is 5.61. The van der Waals surface area contributed by atoms with E-state index in [1.165, 1.54) is 0 Å². The topological polar surface area (TPSA) is 80.7 Å². The molecule has 138 valence electrons. The molecule has 1 N–H and O–H groups in total. The molecule has 0 aromatic carbocycles. The van der Waals surface area contributed by atoms with Gasteiger partial charge in [0.2, 0.25) is 0 Å². The van der Waals surface area contributed by atoms with Crippen LogP contribution in [0.4, 0.5) is 17.6 Å². The number of rotatable bonds is 5. The Balaban J connectivity index is 1.70. The lowest BCUT2D eigenvalue weighted by Crippen LogP contribution is -2.53. The maximum Gasteiger partial charge on any atom is 0.435 e. The summed E-state index contributed by atoms with van der Waals surface area (Å²) in [6, 6.07) is 0. The summed E-state index contributed by atoms with van der Waals surface area (Å²) in [5, 5.41) is -5.72. The molecule has 0 unspecified atom stereocenters. The van der Waals surface area contributed by atoms with Crippen LogP contribution in [0, 0.1) is 23.2 Å². The van der Waals surface area contributed by atoms with Gasteiger partial charge in [0.25, 0.3) is 0 Å². The molecule has 5 nitrogen and oxygen atoms in total. The SMILES string of the molecule is O=C(OCC(F)(F)C(F)(F)S(=O)(=O)O)C12CC3CC(CC(C3)C1)C2. The number of hydrogen-bond acceptors (Lipinski definition) is 4. The Morgan fingerprint density at radius 1 is 1.04 bits per heavy atom. The molecule has 0 heterocycles. The Morgan fingerprint density at radius 3 is 1.83 bits per heavy atom. The van der Waals surface area contributed by atoms with Crippen LogP contribution in [0.2, 0.25) is 0 Å². The van der Waals surface area contributed by atoms with Crippen LogP contribution < -0.4 is 0 Å². The van der Waals surface area contributed by atoms with Gasteiger partial charge in [-0.2, -0.15) is 26.0 Å². The Hall–Kier alpha value is -0.900. The molecule has 0 aliphatic heterocycles. The number of halogens is 4. The number of hydrogen-bond donors (Lipinski definition) is 1. The maximum atomic E-state index is 13.5. The lowest BCUT2D eigenvalue weighted by Gasteiger charge is -2.55. The first-order chi connectivity index (χ1) is 10.9. The van der Waals surface area contributed by atoms with Crippen molar-refractivity contribution in [2.45, 2.75) is 49.7 Å². The molecule has 0 amide bonds. The third-order valence-corrected chi connectivity index (χ3v) is 6.55. The molecule has 0 saturated heterocycles. The molecule has 0 aromatic heterocycles. The van der Waals surface area contributed by atoms with E-state index in [0.717, 1.165) is 19.3 Å². The predicted molar refractivity (Wildman–Crippen MR) is 73.0 cm³/mol. The van der Waals surface area contributed by atoms with E-state index in [1.807, 2.05) is 0 Å². The highest BCUT2D eigenvalue weighted by atomic mass is 32.2. The van der Waals surface area contributed by atoms with E-state index >= 15 is 0 Å². The molecule has 4 bridgehead atoms. The first-order valence-electron chi connectivity index (χ1n) is 7.76. The zero-order valence-electron chi connectivity index (χ0n) is 12.7. The number of ether oxygens (including phenoxy) is 1. The summed E-state index contributed by atoms with van der Waals surface area (Å²) < 4.78 is 86.8. The standard InChI is InChI=1S/C14H18F4O5S/c15-13(16,14(17,18)24(20,21)22)7-23-11(19)12-4-8-1-9(5-12)3-10(2-8)6-12/h8-10H,1-7H2,(H,20,21,22). The zero-order chi connectivity index (χ0) is 18.0. The van der Waals surface area contributed by atoms with E-state index in [0.29, 0.717) is 37.0 Å². The van der Waals surface area contributed by atoms with Gasteiger partial charge in [0, 0.05) is 0 Å². The molecule has 4 rings (SSSR count). The van der Waals surface area contributed by atoms with Crippen molar-refractivity contribution in [3.8, 4) is 0 Å². The second-order valence-electron chi connectivity index (χ2n) is 7.47. The molecule has 4 saturated carbocycles. The minimum Gasteiger partial charge on any atom is -0.459 e. The van der Waals surface area contributed by atoms with Gasteiger partial charge in [0.05, 0.1) is 5.41 Å². The fraction of sp³-hybridized carbons (Fsp3) is 0.929. The summed E-state index contributed by atoms with van der Waals surface area (Å²) in [6.07, 6.45) is 4.46. The predicted octanol–water partition coefficient (Wildman–Crippen LogP) is 2.86. The van der Waals surface area contributed by atoms with Gasteiger partial charge in [0.15, 0.2) is 6.61 Å². The first-order valence-corrected chi connectivity index (χ1v) is 9.20. The monoisotopic (exact) mass is 374 g/mol. The fourth-order valence-corrected chi connectivity index (χ4v) is 5.38. The normalized spacial score (nSPS) is 36.0. The second-order valence-corrected chi connectivity index (χ2v) is 8.93. The van der Waals surface area contributed by atoms with Crippen LogP contribution in [0.15, 0.2) is 0 Å². The minimum absolute atomic E-state index is 0.323. The van der Waals surface area contributed by atoms with Crippen molar-refractivity contribution in [1.82, 2.24) is 0 Å². The highest BCUT2D eigenvalue weighted by Gasteiger charge is 2.67. The van der Waals surface area contributed by atoms with Crippen molar-refractivity contribution in [2.75, 3.05) is 6.61 Å². The van der Waals surface area contributed by atoms with Crippen molar-refractivity contribution in [3.05, 3.63) is 0 Å². The number of esters is 1. The van der Waals surface area contributed by atoms with Crippen LogP contribution in [0.3, 0.4) is 0 Å². The van der Waals surface area contributed by atoms with E-state index in [1.54, 1.807) is 0 Å². The second kappa shape index (κ2) is 5.30. The van der Waals surface area contributed by atoms with E-state index < -0.39 is 39.3 Å². The molecule has 4 aliphatic carbocycles. The maximum absolute atomic E-state index is 13.5. The smallest absolute Gasteiger partial charge is 0.435 e.